The van der Waals surface area contributed by atoms with Gasteiger partial charge in [0.05, 0.1) is 12.6 Å². The van der Waals surface area contributed by atoms with Gasteiger partial charge in [-0.15, -0.1) is 0 Å². The van der Waals surface area contributed by atoms with Crippen molar-refractivity contribution in [2.75, 3.05) is 6.61 Å². The fourth-order valence-electron chi connectivity index (χ4n) is 2.79. The van der Waals surface area contributed by atoms with Crippen LogP contribution in [0.1, 0.15) is 24.9 Å². The van der Waals surface area contributed by atoms with Crippen molar-refractivity contribution in [1.82, 2.24) is 4.90 Å². The van der Waals surface area contributed by atoms with E-state index in [9.17, 15) is 4.79 Å². The molecule has 0 unspecified atom stereocenters. The minimum Gasteiger partial charge on any atom is -0.355 e. The predicted octanol–water partition coefficient (Wildman–Crippen LogP) is 2.51. The molecule has 0 radical (unpaired) electrons. The van der Waals surface area contributed by atoms with Crippen LogP contribution in [0.25, 0.3) is 0 Å². The summed E-state index contributed by atoms with van der Waals surface area (Å²) in [6.45, 7) is 2.72. The van der Waals surface area contributed by atoms with Crippen LogP contribution in [0.2, 0.25) is 0 Å². The molecule has 0 N–H and O–H groups in total. The van der Waals surface area contributed by atoms with Crippen molar-refractivity contribution in [3.63, 3.8) is 0 Å². The quantitative estimate of drug-likeness (QED) is 0.798. The van der Waals surface area contributed by atoms with Crippen LogP contribution in [0.15, 0.2) is 42.5 Å². The van der Waals surface area contributed by atoms with Crippen molar-refractivity contribution in [2.24, 2.45) is 5.92 Å². The van der Waals surface area contributed by atoms with Gasteiger partial charge in [-0.1, -0.05) is 43.3 Å². The van der Waals surface area contributed by atoms with Gasteiger partial charge in [-0.2, -0.15) is 0 Å². The molecule has 1 aromatic rings. The second-order valence-electron chi connectivity index (χ2n) is 4.83. The molecule has 2 aliphatic heterocycles. The van der Waals surface area contributed by atoms with Gasteiger partial charge >= 0.3 is 0 Å². The molecule has 0 bridgehead atoms. The normalized spacial score (nSPS) is 30.6. The van der Waals surface area contributed by atoms with Gasteiger partial charge in [-0.25, -0.2) is 0 Å². The summed E-state index contributed by atoms with van der Waals surface area (Å²) in [5.74, 6) is 0.382. The molecule has 3 atom stereocenters. The van der Waals surface area contributed by atoms with Crippen molar-refractivity contribution in [3.8, 4) is 0 Å². The molecular weight excluding hydrogens is 226 g/mol. The predicted molar refractivity (Wildman–Crippen MR) is 68.7 cm³/mol. The van der Waals surface area contributed by atoms with Crippen molar-refractivity contribution in [3.05, 3.63) is 48.0 Å². The highest BCUT2D eigenvalue weighted by Gasteiger charge is 2.42. The van der Waals surface area contributed by atoms with Crippen molar-refractivity contribution < 1.29 is 9.53 Å². The molecule has 3 heteroatoms. The number of rotatable bonds is 2. The van der Waals surface area contributed by atoms with E-state index >= 15 is 0 Å². The smallest absolute Gasteiger partial charge is 0.248 e. The Labute approximate surface area is 107 Å². The number of benzene rings is 1. The van der Waals surface area contributed by atoms with E-state index in [0.717, 1.165) is 12.0 Å². The first-order valence-electron chi connectivity index (χ1n) is 6.48. The summed E-state index contributed by atoms with van der Waals surface area (Å²) in [4.78, 5) is 14.0. The molecule has 18 heavy (non-hydrogen) atoms. The first kappa shape index (κ1) is 11.5. The van der Waals surface area contributed by atoms with Gasteiger partial charge in [-0.3, -0.25) is 4.79 Å². The lowest BCUT2D eigenvalue weighted by atomic mass is 9.97. The number of nitrogens with zero attached hydrogens (tertiary/aromatic N) is 1. The number of amides is 1. The standard InChI is InChI=1S/C15H17NO2/c1-2-11-8-9-14(17)16-13(10-18-15(11)16)12-6-4-3-5-7-12/h3-9,11,13,15H,2,10H2,1H3/t11-,13-,15+/m0/s1. The van der Waals surface area contributed by atoms with Crippen LogP contribution in [0.4, 0.5) is 0 Å². The fraction of sp³-hybridized carbons (Fsp3) is 0.400. The highest BCUT2D eigenvalue weighted by molar-refractivity contribution is 5.89. The Morgan fingerprint density at radius 3 is 2.83 bits per heavy atom. The molecule has 1 fully saturated rings. The van der Waals surface area contributed by atoms with E-state index in [1.54, 1.807) is 6.08 Å². The first-order chi connectivity index (χ1) is 8.81. The molecule has 2 heterocycles. The lowest BCUT2D eigenvalue weighted by Gasteiger charge is -2.34. The van der Waals surface area contributed by atoms with E-state index < -0.39 is 0 Å². The number of hydrogen-bond acceptors (Lipinski definition) is 2. The Morgan fingerprint density at radius 1 is 1.33 bits per heavy atom. The Morgan fingerprint density at radius 2 is 2.11 bits per heavy atom. The minimum absolute atomic E-state index is 0.0581. The van der Waals surface area contributed by atoms with E-state index in [-0.39, 0.29) is 18.2 Å². The summed E-state index contributed by atoms with van der Waals surface area (Å²) >= 11 is 0. The maximum absolute atomic E-state index is 12.1. The molecule has 0 aromatic heterocycles. The Balaban J connectivity index is 1.92. The zero-order chi connectivity index (χ0) is 12.5. The summed E-state index contributed by atoms with van der Waals surface area (Å²) in [7, 11) is 0. The van der Waals surface area contributed by atoms with Crippen LogP contribution in [-0.2, 0) is 9.53 Å². The van der Waals surface area contributed by atoms with Crippen LogP contribution in [0.3, 0.4) is 0 Å². The number of fused-ring (bicyclic) bond motifs is 1. The van der Waals surface area contributed by atoms with E-state index in [0.29, 0.717) is 12.5 Å². The van der Waals surface area contributed by atoms with Gasteiger partial charge in [-0.05, 0) is 18.1 Å². The maximum atomic E-state index is 12.1. The molecule has 2 aliphatic rings. The second-order valence-corrected chi connectivity index (χ2v) is 4.83. The van der Waals surface area contributed by atoms with Crippen LogP contribution < -0.4 is 0 Å². The highest BCUT2D eigenvalue weighted by Crippen LogP contribution is 2.37. The third-order valence-corrected chi connectivity index (χ3v) is 3.80. The van der Waals surface area contributed by atoms with Gasteiger partial charge in [0.15, 0.2) is 0 Å². The van der Waals surface area contributed by atoms with E-state index in [1.807, 2.05) is 29.2 Å². The minimum atomic E-state index is -0.0855. The average molecular weight is 243 g/mol. The van der Waals surface area contributed by atoms with Crippen molar-refractivity contribution >= 4 is 5.91 Å². The van der Waals surface area contributed by atoms with Crippen LogP contribution >= 0.6 is 0 Å². The third-order valence-electron chi connectivity index (χ3n) is 3.80. The van der Waals surface area contributed by atoms with E-state index in [2.05, 4.69) is 19.1 Å². The molecule has 0 aliphatic carbocycles. The fourth-order valence-corrected chi connectivity index (χ4v) is 2.79. The third kappa shape index (κ3) is 1.75. The van der Waals surface area contributed by atoms with E-state index in [4.69, 9.17) is 4.74 Å². The van der Waals surface area contributed by atoms with Crippen LogP contribution in [-0.4, -0.2) is 23.6 Å². The molecule has 1 aromatic carbocycles. The molecule has 0 spiro atoms. The Kier molecular flexibility index (Phi) is 2.92. The van der Waals surface area contributed by atoms with Gasteiger partial charge in [0.1, 0.15) is 6.23 Å². The van der Waals surface area contributed by atoms with Crippen LogP contribution in [0, 0.1) is 5.92 Å². The van der Waals surface area contributed by atoms with E-state index in [1.165, 1.54) is 0 Å². The summed E-state index contributed by atoms with van der Waals surface area (Å²) in [6.07, 6.45) is 4.58. The number of carbonyl (C=O) groups is 1. The highest BCUT2D eigenvalue weighted by atomic mass is 16.5. The lowest BCUT2D eigenvalue weighted by molar-refractivity contribution is -0.136. The summed E-state index contributed by atoms with van der Waals surface area (Å²) in [5, 5.41) is 0. The maximum Gasteiger partial charge on any atom is 0.248 e. The molecular formula is C15H17NO2. The van der Waals surface area contributed by atoms with Gasteiger partial charge in [0.2, 0.25) is 5.91 Å². The topological polar surface area (TPSA) is 29.5 Å². The molecule has 3 rings (SSSR count). The number of hydrogen-bond donors (Lipinski definition) is 0. The van der Waals surface area contributed by atoms with Crippen LogP contribution in [0.5, 0.6) is 0 Å². The van der Waals surface area contributed by atoms with Gasteiger partial charge < -0.3 is 9.64 Å². The Hall–Kier alpha value is -1.61. The molecule has 3 nitrogen and oxygen atoms in total. The first-order valence-corrected chi connectivity index (χ1v) is 6.48. The summed E-state index contributed by atoms with van der Waals surface area (Å²) in [6, 6.07) is 10.2. The SMILES string of the molecule is CC[C@H]1C=CC(=O)N2[C@@H]1OC[C@H]2c1ccccc1. The van der Waals surface area contributed by atoms with Crippen molar-refractivity contribution in [1.29, 1.82) is 0 Å². The van der Waals surface area contributed by atoms with Gasteiger partial charge in [0.25, 0.3) is 0 Å². The molecule has 1 amide bonds. The summed E-state index contributed by atoms with van der Waals surface area (Å²) in [5.41, 5.74) is 1.15. The summed E-state index contributed by atoms with van der Waals surface area (Å²) < 4.78 is 5.85. The number of carbonyl (C=O) groups excluding carboxylic acids is 1. The van der Waals surface area contributed by atoms with Gasteiger partial charge in [0, 0.05) is 5.92 Å². The average Bonchev–Trinajstić information content (AvgIpc) is 2.86. The molecule has 1 saturated heterocycles. The second kappa shape index (κ2) is 4.58. The molecule has 94 valence electrons. The van der Waals surface area contributed by atoms with Crippen molar-refractivity contribution in [2.45, 2.75) is 25.6 Å². The molecule has 0 saturated carbocycles. The zero-order valence-electron chi connectivity index (χ0n) is 10.5. The number of ether oxygens (including phenoxy) is 1. The largest absolute Gasteiger partial charge is 0.355 e. The Bertz CT molecular complexity index is 469. The zero-order valence-corrected chi connectivity index (χ0v) is 10.5. The monoisotopic (exact) mass is 243 g/mol. The lowest BCUT2D eigenvalue weighted by Crippen LogP contribution is -2.43.